The number of fused-ring (bicyclic) bond motifs is 1. The molecule has 3 aromatic carbocycles. The molecule has 0 saturated heterocycles. The van der Waals surface area contributed by atoms with E-state index in [9.17, 15) is 29.8 Å². The Kier molecular flexibility index (Phi) is 5.13. The molecule has 1 heterocycles. The van der Waals surface area contributed by atoms with Gasteiger partial charge in [-0.05, 0) is 18.2 Å². The second-order valence-electron chi connectivity index (χ2n) is 6.62. The van der Waals surface area contributed by atoms with Crippen LogP contribution in [0.4, 0.5) is 11.4 Å². The number of nitro benzene ring substituents is 2. The van der Waals surface area contributed by atoms with Gasteiger partial charge in [0.15, 0.2) is 5.82 Å². The second kappa shape index (κ2) is 8.07. The van der Waals surface area contributed by atoms with Crippen LogP contribution in [0.3, 0.4) is 0 Å². The number of carbonyl (C=O) groups excluding carboxylic acids is 1. The lowest BCUT2D eigenvalue weighted by molar-refractivity contribution is -0.394. The number of rotatable bonds is 5. The molecule has 1 amide bonds. The minimum atomic E-state index is -0.997. The van der Waals surface area contributed by atoms with Gasteiger partial charge in [-0.1, -0.05) is 42.5 Å². The van der Waals surface area contributed by atoms with Gasteiger partial charge < -0.3 is 0 Å². The molecule has 0 aliphatic carbocycles. The number of hydrogen-bond acceptors (Lipinski definition) is 7. The zero-order chi connectivity index (χ0) is 22.8. The SMILES string of the molecule is O=C(Nn1c(-c2ccccc2)nc2ccccc2c1=O)c1ccc([N+](=O)[O-])cc1[N+](=O)[O-]. The molecular formula is C21H13N5O6. The zero-order valence-corrected chi connectivity index (χ0v) is 16.2. The van der Waals surface area contributed by atoms with Crippen LogP contribution in [0, 0.1) is 20.2 Å². The van der Waals surface area contributed by atoms with Crippen molar-refractivity contribution >= 4 is 28.2 Å². The van der Waals surface area contributed by atoms with Gasteiger partial charge in [0.25, 0.3) is 22.8 Å². The van der Waals surface area contributed by atoms with Crippen molar-refractivity contribution in [1.29, 1.82) is 0 Å². The normalized spacial score (nSPS) is 10.6. The van der Waals surface area contributed by atoms with Crippen molar-refractivity contribution in [3.05, 3.63) is 109 Å². The van der Waals surface area contributed by atoms with Crippen LogP contribution < -0.4 is 11.0 Å². The van der Waals surface area contributed by atoms with Crippen LogP contribution in [0.15, 0.2) is 77.6 Å². The highest BCUT2D eigenvalue weighted by Gasteiger charge is 2.25. The highest BCUT2D eigenvalue weighted by Crippen LogP contribution is 2.25. The lowest BCUT2D eigenvalue weighted by atomic mass is 10.1. The average molecular weight is 431 g/mol. The molecule has 0 atom stereocenters. The summed E-state index contributed by atoms with van der Waals surface area (Å²) >= 11 is 0. The smallest absolute Gasteiger partial charge is 0.267 e. The van der Waals surface area contributed by atoms with E-state index in [-0.39, 0.29) is 11.2 Å². The Bertz CT molecular complexity index is 1450. The number of nitrogens with zero attached hydrogens (tertiary/aromatic N) is 4. The van der Waals surface area contributed by atoms with Crippen LogP contribution in [0.2, 0.25) is 0 Å². The molecule has 0 fully saturated rings. The summed E-state index contributed by atoms with van der Waals surface area (Å²) in [5.74, 6) is -0.879. The molecule has 0 spiro atoms. The van der Waals surface area contributed by atoms with Gasteiger partial charge in [-0.15, -0.1) is 0 Å². The first kappa shape index (κ1) is 20.3. The summed E-state index contributed by atoms with van der Waals surface area (Å²) in [7, 11) is 0. The van der Waals surface area contributed by atoms with Crippen molar-refractivity contribution < 1.29 is 14.6 Å². The van der Waals surface area contributed by atoms with Crippen molar-refractivity contribution in [2.45, 2.75) is 0 Å². The van der Waals surface area contributed by atoms with Gasteiger partial charge in [0.1, 0.15) is 5.56 Å². The summed E-state index contributed by atoms with van der Waals surface area (Å²) in [6, 6.07) is 17.8. The first-order chi connectivity index (χ1) is 15.4. The molecule has 158 valence electrons. The number of para-hydroxylation sites is 1. The van der Waals surface area contributed by atoms with Crippen LogP contribution in [0.5, 0.6) is 0 Å². The number of non-ortho nitro benzene ring substituents is 1. The minimum Gasteiger partial charge on any atom is -0.267 e. The van der Waals surface area contributed by atoms with Gasteiger partial charge in [0.05, 0.1) is 26.8 Å². The van der Waals surface area contributed by atoms with Gasteiger partial charge in [-0.2, -0.15) is 4.68 Å². The van der Waals surface area contributed by atoms with Crippen LogP contribution in [0.25, 0.3) is 22.3 Å². The highest BCUT2D eigenvalue weighted by molar-refractivity contribution is 6.04. The highest BCUT2D eigenvalue weighted by atomic mass is 16.6. The largest absolute Gasteiger partial charge is 0.289 e. The fraction of sp³-hybridized carbons (Fsp3) is 0. The molecule has 0 aliphatic heterocycles. The number of hydrogen-bond donors (Lipinski definition) is 1. The fourth-order valence-electron chi connectivity index (χ4n) is 3.16. The Morgan fingerprint density at radius 3 is 2.28 bits per heavy atom. The summed E-state index contributed by atoms with van der Waals surface area (Å²) in [5, 5.41) is 22.6. The van der Waals surface area contributed by atoms with Crippen LogP contribution >= 0.6 is 0 Å². The molecule has 11 heteroatoms. The van der Waals surface area contributed by atoms with Gasteiger partial charge in [-0.3, -0.25) is 35.2 Å². The summed E-state index contributed by atoms with van der Waals surface area (Å²) < 4.78 is 0.908. The summed E-state index contributed by atoms with van der Waals surface area (Å²) in [6.07, 6.45) is 0. The maximum Gasteiger partial charge on any atom is 0.289 e. The molecule has 32 heavy (non-hydrogen) atoms. The molecule has 0 bridgehead atoms. The van der Waals surface area contributed by atoms with E-state index < -0.39 is 38.3 Å². The predicted molar refractivity (Wildman–Crippen MR) is 115 cm³/mol. The molecule has 4 rings (SSSR count). The number of benzene rings is 3. The molecular weight excluding hydrogens is 418 g/mol. The molecule has 1 aromatic heterocycles. The third-order valence-corrected chi connectivity index (χ3v) is 4.65. The first-order valence-electron chi connectivity index (χ1n) is 9.18. The van der Waals surface area contributed by atoms with Gasteiger partial charge in [0, 0.05) is 11.6 Å². The van der Waals surface area contributed by atoms with Gasteiger partial charge in [0.2, 0.25) is 0 Å². The van der Waals surface area contributed by atoms with Crippen LogP contribution in [-0.4, -0.2) is 25.4 Å². The van der Waals surface area contributed by atoms with E-state index in [2.05, 4.69) is 10.4 Å². The quantitative estimate of drug-likeness (QED) is 0.376. The van der Waals surface area contributed by atoms with Crippen molar-refractivity contribution in [2.24, 2.45) is 0 Å². The van der Waals surface area contributed by atoms with Crippen molar-refractivity contribution in [3.8, 4) is 11.4 Å². The van der Waals surface area contributed by atoms with E-state index >= 15 is 0 Å². The molecule has 0 aliphatic rings. The first-order valence-corrected chi connectivity index (χ1v) is 9.18. The summed E-state index contributed by atoms with van der Waals surface area (Å²) in [6.45, 7) is 0. The van der Waals surface area contributed by atoms with Crippen molar-refractivity contribution in [1.82, 2.24) is 9.66 Å². The van der Waals surface area contributed by atoms with E-state index in [1.165, 1.54) is 6.07 Å². The molecule has 0 unspecified atom stereocenters. The molecule has 0 radical (unpaired) electrons. The molecule has 1 N–H and O–H groups in total. The Hall–Kier alpha value is -4.93. The maximum absolute atomic E-state index is 13.1. The van der Waals surface area contributed by atoms with Crippen LogP contribution in [0.1, 0.15) is 10.4 Å². The summed E-state index contributed by atoms with van der Waals surface area (Å²) in [4.78, 5) is 51.2. The van der Waals surface area contributed by atoms with E-state index in [0.29, 0.717) is 17.1 Å². The number of carbonyl (C=O) groups is 1. The Morgan fingerprint density at radius 2 is 1.59 bits per heavy atom. The zero-order valence-electron chi connectivity index (χ0n) is 16.2. The van der Waals surface area contributed by atoms with E-state index in [1.54, 1.807) is 48.5 Å². The predicted octanol–water partition coefficient (Wildman–Crippen LogP) is 3.26. The van der Waals surface area contributed by atoms with Crippen LogP contribution in [-0.2, 0) is 0 Å². The van der Waals surface area contributed by atoms with Gasteiger partial charge in [-0.25, -0.2) is 4.98 Å². The average Bonchev–Trinajstić information content (AvgIpc) is 2.80. The minimum absolute atomic E-state index is 0.118. The van der Waals surface area contributed by atoms with E-state index in [1.807, 2.05) is 0 Å². The fourth-order valence-corrected chi connectivity index (χ4v) is 3.16. The van der Waals surface area contributed by atoms with E-state index in [0.717, 1.165) is 16.8 Å². The van der Waals surface area contributed by atoms with E-state index in [4.69, 9.17) is 0 Å². The molecule has 11 nitrogen and oxygen atoms in total. The third-order valence-electron chi connectivity index (χ3n) is 4.65. The van der Waals surface area contributed by atoms with Crippen molar-refractivity contribution in [2.75, 3.05) is 5.43 Å². The molecule has 0 saturated carbocycles. The lowest BCUT2D eigenvalue weighted by Crippen LogP contribution is -2.35. The van der Waals surface area contributed by atoms with Crippen molar-refractivity contribution in [3.63, 3.8) is 0 Å². The summed E-state index contributed by atoms with van der Waals surface area (Å²) in [5.41, 5.74) is 0.948. The van der Waals surface area contributed by atoms with Gasteiger partial charge >= 0.3 is 0 Å². The monoisotopic (exact) mass is 431 g/mol. The number of nitrogens with one attached hydrogen (secondary N) is 1. The Morgan fingerprint density at radius 1 is 0.906 bits per heavy atom. The number of nitro groups is 2. The molecule has 4 aromatic rings. The third kappa shape index (κ3) is 3.65. The lowest BCUT2D eigenvalue weighted by Gasteiger charge is -2.14. The number of aromatic nitrogens is 2. The number of amides is 1. The maximum atomic E-state index is 13.1. The standard InChI is InChI=1S/C21H13N5O6/c27-20(16-11-10-14(25(29)30)12-18(16)26(31)32)23-24-19(13-6-2-1-3-7-13)22-17-9-5-4-8-15(17)21(24)28/h1-12H,(H,23,27). The second-order valence-corrected chi connectivity index (χ2v) is 6.62. The topological polar surface area (TPSA) is 150 Å². The Balaban J connectivity index is 1.87. The Labute approximate surface area is 178 Å².